The summed E-state index contributed by atoms with van der Waals surface area (Å²) in [4.78, 5) is 0. The van der Waals surface area contributed by atoms with Gasteiger partial charge in [0.1, 0.15) is 35.1 Å². The van der Waals surface area contributed by atoms with Gasteiger partial charge in [-0.1, -0.05) is 72.8 Å². The first-order valence-corrected chi connectivity index (χ1v) is 17.0. The smallest absolute Gasteiger partial charge is 0.0620 e. The highest BCUT2D eigenvalue weighted by atomic mass is 32.5. The minimum atomic E-state index is -1.55. The largest absolute Gasteiger partial charge is 0.216 e. The van der Waals surface area contributed by atoms with Crippen LogP contribution in [-0.4, -0.2) is 13.3 Å². The van der Waals surface area contributed by atoms with E-state index in [9.17, 15) is 0 Å². The van der Waals surface area contributed by atoms with Crippen LogP contribution in [-0.2, 0) is 0 Å². The average molecular weight is 432 g/mol. The lowest BCUT2D eigenvalue weighted by Crippen LogP contribution is -2.23. The molecule has 0 aliphatic carbocycles. The van der Waals surface area contributed by atoms with Crippen molar-refractivity contribution in [2.45, 2.75) is 0 Å². The van der Waals surface area contributed by atoms with Crippen LogP contribution in [0, 0.1) is 0 Å². The van der Waals surface area contributed by atoms with Gasteiger partial charge in [-0.25, -0.2) is 0 Å². The van der Waals surface area contributed by atoms with Gasteiger partial charge in [0.05, 0.1) is 13.3 Å². The van der Waals surface area contributed by atoms with E-state index in [0.29, 0.717) is 0 Å². The molecule has 0 saturated carbocycles. The van der Waals surface area contributed by atoms with Crippen LogP contribution in [0.15, 0.2) is 121 Å². The van der Waals surface area contributed by atoms with E-state index in [-0.39, 0.29) is 0 Å². The summed E-state index contributed by atoms with van der Waals surface area (Å²) in [5, 5.41) is 6.01. The molecule has 29 heavy (non-hydrogen) atoms. The highest BCUT2D eigenvalue weighted by Gasteiger charge is 2.53. The summed E-state index contributed by atoms with van der Waals surface area (Å²) in [5.41, 5.74) is 0. The molecule has 0 aliphatic rings. The molecule has 0 aromatic heterocycles. The van der Waals surface area contributed by atoms with Gasteiger partial charge in [0.2, 0.25) is 7.96 Å². The molecule has 0 spiro atoms. The molecule has 4 aromatic rings. The van der Waals surface area contributed by atoms with Gasteiger partial charge in [0, 0.05) is 0 Å². The highest BCUT2D eigenvalue weighted by molar-refractivity contribution is 8.68. The number of hydrogen-bond acceptors (Lipinski definition) is 0. The first-order valence-electron chi connectivity index (χ1n) is 9.88. The molecule has 0 fully saturated rings. The topological polar surface area (TPSA) is 0 Å². The summed E-state index contributed by atoms with van der Waals surface area (Å²) in [6.07, 6.45) is 0. The number of hydrogen-bond donors (Lipinski definition) is 0. The van der Waals surface area contributed by atoms with Crippen molar-refractivity contribution in [3.63, 3.8) is 0 Å². The predicted octanol–water partition coefficient (Wildman–Crippen LogP) is 6.09. The van der Waals surface area contributed by atoms with Crippen LogP contribution in [0.25, 0.3) is 0 Å². The Balaban J connectivity index is 1.91. The fourth-order valence-corrected chi connectivity index (χ4v) is 25.7. The molecule has 0 bridgehead atoms. The average Bonchev–Trinajstić information content (AvgIpc) is 2.81. The molecular weight excluding hydrogens is 405 g/mol. The summed E-state index contributed by atoms with van der Waals surface area (Å²) in [6, 6.07) is 44.8. The van der Waals surface area contributed by atoms with E-state index in [4.69, 9.17) is 0 Å². The molecule has 0 aliphatic heterocycles. The molecule has 0 unspecified atom stereocenters. The quantitative estimate of drug-likeness (QED) is 0.324. The first kappa shape index (κ1) is 20.4. The lowest BCUT2D eigenvalue weighted by atomic mass is 10.4. The number of benzene rings is 4. The van der Waals surface area contributed by atoms with Crippen LogP contribution in [0.5, 0.6) is 0 Å². The van der Waals surface area contributed by atoms with Gasteiger partial charge in [0.25, 0.3) is 0 Å². The second-order valence-electron chi connectivity index (χ2n) is 7.45. The second kappa shape index (κ2) is 8.90. The Bertz CT molecular complexity index is 866. The van der Waals surface area contributed by atoms with Crippen LogP contribution in [0.2, 0.25) is 0 Å². The minimum Gasteiger partial charge on any atom is -0.0620 e. The molecule has 0 heterocycles. The van der Waals surface area contributed by atoms with Crippen molar-refractivity contribution in [1.82, 2.24) is 0 Å². The zero-order valence-electron chi connectivity index (χ0n) is 16.9. The molecule has 3 heteroatoms. The van der Waals surface area contributed by atoms with Crippen molar-refractivity contribution in [3.05, 3.63) is 121 Å². The monoisotopic (exact) mass is 432 g/mol. The molecule has 144 valence electrons. The van der Waals surface area contributed by atoms with Gasteiger partial charge in [-0.15, -0.1) is 0 Å². The zero-order valence-corrected chi connectivity index (χ0v) is 19.7. The second-order valence-corrected chi connectivity index (χ2v) is 21.5. The maximum Gasteiger partial charge on any atom is 0.216 e. The molecular formula is C26H27P3+2. The van der Waals surface area contributed by atoms with E-state index in [1.54, 1.807) is 0 Å². The predicted molar refractivity (Wildman–Crippen MR) is 138 cm³/mol. The Kier molecular flexibility index (Phi) is 6.27. The number of rotatable bonds is 6. The van der Waals surface area contributed by atoms with Gasteiger partial charge in [-0.05, 0) is 48.5 Å². The summed E-state index contributed by atoms with van der Waals surface area (Å²) in [5.74, 6) is 0. The molecule has 0 radical (unpaired) electrons. The fourth-order valence-electron chi connectivity index (χ4n) is 3.83. The van der Waals surface area contributed by atoms with Gasteiger partial charge in [-0.3, -0.25) is 0 Å². The van der Waals surface area contributed by atoms with Crippen LogP contribution in [0.4, 0.5) is 0 Å². The summed E-state index contributed by atoms with van der Waals surface area (Å²) >= 11 is 0. The fraction of sp³-hybridized carbons (Fsp3) is 0.0769. The van der Waals surface area contributed by atoms with Crippen LogP contribution < -0.4 is 21.2 Å². The Morgan fingerprint density at radius 2 is 0.586 bits per heavy atom. The van der Waals surface area contributed by atoms with Crippen molar-refractivity contribution in [2.24, 2.45) is 0 Å². The zero-order chi connectivity index (χ0) is 20.2. The van der Waals surface area contributed by atoms with E-state index >= 15 is 0 Å². The van der Waals surface area contributed by atoms with Crippen LogP contribution in [0.3, 0.4) is 0 Å². The van der Waals surface area contributed by atoms with Crippen molar-refractivity contribution >= 4 is 43.1 Å². The maximum absolute atomic E-state index is 2.54. The SMILES string of the molecule is C[P+](P[P+](C)(c1ccccc1)c1ccccc1)(c1ccccc1)c1ccccc1. The van der Waals surface area contributed by atoms with Gasteiger partial charge < -0.3 is 0 Å². The standard InChI is InChI=1S/C26H27P3/c1-28(23-15-7-3-8-16-23,24-17-9-4-10-18-24)27-29(2,25-19-11-5-12-20-25)26-21-13-6-14-22-26/h3-22,27H,1-2H3/q+2. The Morgan fingerprint density at radius 1 is 0.379 bits per heavy atom. The molecule has 4 aromatic carbocycles. The summed E-state index contributed by atoms with van der Waals surface area (Å²) in [7, 11) is 0.852. The summed E-state index contributed by atoms with van der Waals surface area (Å²) in [6.45, 7) is 1.99. The molecule has 4 rings (SSSR count). The van der Waals surface area contributed by atoms with Gasteiger partial charge in [0.15, 0.2) is 0 Å². The lowest BCUT2D eigenvalue weighted by Gasteiger charge is -2.29. The van der Waals surface area contributed by atoms with E-state index in [1.807, 2.05) is 0 Å². The Morgan fingerprint density at radius 3 is 0.793 bits per heavy atom. The minimum absolute atomic E-state index is 0.852. The molecule has 0 nitrogen and oxygen atoms in total. The molecule has 0 atom stereocenters. The van der Waals surface area contributed by atoms with E-state index in [1.165, 1.54) is 21.2 Å². The molecule has 0 N–H and O–H groups in total. The highest BCUT2D eigenvalue weighted by Crippen LogP contribution is 2.88. The maximum atomic E-state index is 2.54. The van der Waals surface area contributed by atoms with Crippen molar-refractivity contribution in [3.8, 4) is 0 Å². The third kappa shape index (κ3) is 4.22. The third-order valence-electron chi connectivity index (χ3n) is 5.49. The normalized spacial score (nSPS) is 11.9. The van der Waals surface area contributed by atoms with Gasteiger partial charge >= 0.3 is 0 Å². The Hall–Kier alpha value is -1.83. The van der Waals surface area contributed by atoms with Crippen LogP contribution in [0.1, 0.15) is 0 Å². The van der Waals surface area contributed by atoms with Crippen molar-refractivity contribution in [2.75, 3.05) is 13.3 Å². The van der Waals surface area contributed by atoms with E-state index < -0.39 is 13.9 Å². The Labute approximate surface area is 177 Å². The van der Waals surface area contributed by atoms with Crippen molar-refractivity contribution < 1.29 is 0 Å². The molecule has 0 saturated heterocycles. The van der Waals surface area contributed by atoms with Crippen LogP contribution >= 0.6 is 21.9 Å². The van der Waals surface area contributed by atoms with Crippen molar-refractivity contribution in [1.29, 1.82) is 0 Å². The molecule has 0 amide bonds. The van der Waals surface area contributed by atoms with Gasteiger partial charge in [-0.2, -0.15) is 0 Å². The van der Waals surface area contributed by atoms with E-state index in [2.05, 4.69) is 135 Å². The lowest BCUT2D eigenvalue weighted by molar-refractivity contribution is 1.74. The third-order valence-corrected chi connectivity index (χ3v) is 24.3. The first-order chi connectivity index (χ1) is 14.1. The summed E-state index contributed by atoms with van der Waals surface area (Å²) < 4.78 is 0. The van der Waals surface area contributed by atoms with E-state index in [0.717, 1.165) is 7.96 Å².